The zero-order chi connectivity index (χ0) is 20.8. The lowest BCUT2D eigenvalue weighted by molar-refractivity contribution is -0.129. The molecular weight excluding hydrogens is 366 g/mol. The second kappa shape index (κ2) is 9.37. The molecule has 0 aliphatic carbocycles. The van der Waals surface area contributed by atoms with E-state index in [4.69, 9.17) is 0 Å². The number of amides is 3. The minimum absolute atomic E-state index is 0.0608. The normalized spacial score (nSPS) is 13.4. The maximum absolute atomic E-state index is 12.3. The number of nitrogens with zero attached hydrogens (tertiary/aromatic N) is 2. The Bertz CT molecular complexity index is 875. The Kier molecular flexibility index (Phi) is 6.65. The zero-order valence-corrected chi connectivity index (χ0v) is 17.0. The average molecular weight is 393 g/mol. The number of nitrogens with one attached hydrogen (secondary N) is 1. The third-order valence-corrected chi connectivity index (χ3v) is 5.19. The van der Waals surface area contributed by atoms with E-state index in [9.17, 15) is 14.4 Å². The van der Waals surface area contributed by atoms with Gasteiger partial charge in [0.2, 0.25) is 11.8 Å². The fourth-order valence-electron chi connectivity index (χ4n) is 3.35. The van der Waals surface area contributed by atoms with E-state index < -0.39 is 0 Å². The van der Waals surface area contributed by atoms with Gasteiger partial charge in [-0.15, -0.1) is 0 Å². The number of anilines is 1. The largest absolute Gasteiger partial charge is 0.343 e. The van der Waals surface area contributed by atoms with Crippen molar-refractivity contribution >= 4 is 23.4 Å². The highest BCUT2D eigenvalue weighted by Gasteiger charge is 2.21. The molecule has 0 bridgehead atoms. The fourth-order valence-corrected chi connectivity index (χ4v) is 3.35. The van der Waals surface area contributed by atoms with Crippen molar-refractivity contribution in [2.45, 2.75) is 32.7 Å². The predicted molar refractivity (Wildman–Crippen MR) is 113 cm³/mol. The summed E-state index contributed by atoms with van der Waals surface area (Å²) in [5, 5.41) is 2.67. The molecule has 29 heavy (non-hydrogen) atoms. The van der Waals surface area contributed by atoms with Crippen molar-refractivity contribution in [3.8, 4) is 0 Å². The monoisotopic (exact) mass is 393 g/mol. The molecule has 0 aromatic heterocycles. The van der Waals surface area contributed by atoms with Crippen LogP contribution in [0.2, 0.25) is 0 Å². The highest BCUT2D eigenvalue weighted by molar-refractivity contribution is 5.98. The van der Waals surface area contributed by atoms with E-state index >= 15 is 0 Å². The quantitative estimate of drug-likeness (QED) is 0.786. The van der Waals surface area contributed by atoms with Gasteiger partial charge < -0.3 is 15.1 Å². The molecule has 0 radical (unpaired) electrons. The molecule has 1 saturated heterocycles. The van der Waals surface area contributed by atoms with Crippen LogP contribution < -0.4 is 10.2 Å². The Morgan fingerprint density at radius 3 is 2.28 bits per heavy atom. The Hall–Kier alpha value is -3.15. The Morgan fingerprint density at radius 1 is 1.03 bits per heavy atom. The minimum Gasteiger partial charge on any atom is -0.343 e. The van der Waals surface area contributed by atoms with Crippen LogP contribution in [0.25, 0.3) is 0 Å². The first-order valence-electron chi connectivity index (χ1n) is 9.98. The second-order valence-electron chi connectivity index (χ2n) is 7.30. The van der Waals surface area contributed by atoms with Crippen molar-refractivity contribution in [1.82, 2.24) is 10.2 Å². The van der Waals surface area contributed by atoms with Gasteiger partial charge in [0, 0.05) is 37.8 Å². The van der Waals surface area contributed by atoms with E-state index in [1.165, 1.54) is 5.56 Å². The summed E-state index contributed by atoms with van der Waals surface area (Å²) in [6.45, 7) is 3.26. The molecule has 1 heterocycles. The van der Waals surface area contributed by atoms with E-state index in [0.29, 0.717) is 25.1 Å². The van der Waals surface area contributed by atoms with Crippen LogP contribution in [0.5, 0.6) is 0 Å². The zero-order valence-electron chi connectivity index (χ0n) is 17.0. The van der Waals surface area contributed by atoms with Crippen molar-refractivity contribution in [3.05, 3.63) is 65.2 Å². The summed E-state index contributed by atoms with van der Waals surface area (Å²) in [6, 6.07) is 15.1. The molecule has 1 aliphatic heterocycles. The third kappa shape index (κ3) is 5.22. The van der Waals surface area contributed by atoms with Gasteiger partial charge >= 0.3 is 0 Å². The van der Waals surface area contributed by atoms with Crippen LogP contribution in [-0.2, 0) is 22.6 Å². The highest BCUT2D eigenvalue weighted by atomic mass is 16.2. The maximum atomic E-state index is 12.3. The fraction of sp³-hybridized carbons (Fsp3) is 0.348. The molecular formula is C23H27N3O3. The lowest BCUT2D eigenvalue weighted by atomic mass is 10.1. The highest BCUT2D eigenvalue weighted by Crippen LogP contribution is 2.21. The van der Waals surface area contributed by atoms with Gasteiger partial charge in [-0.05, 0) is 48.2 Å². The first kappa shape index (κ1) is 20.6. The molecule has 1 fully saturated rings. The molecule has 1 aliphatic rings. The summed E-state index contributed by atoms with van der Waals surface area (Å²) in [7, 11) is 1.73. The molecule has 0 spiro atoms. The van der Waals surface area contributed by atoms with Gasteiger partial charge in [0.25, 0.3) is 5.91 Å². The first-order chi connectivity index (χ1) is 14.0. The van der Waals surface area contributed by atoms with Gasteiger partial charge in [0.1, 0.15) is 0 Å². The second-order valence-corrected chi connectivity index (χ2v) is 7.30. The molecule has 2 aromatic rings. The Balaban J connectivity index is 1.49. The maximum Gasteiger partial charge on any atom is 0.251 e. The molecule has 0 atom stereocenters. The number of aryl methyl sites for hydroxylation is 1. The number of carbonyl (C=O) groups excluding carboxylic acids is 3. The molecule has 152 valence electrons. The summed E-state index contributed by atoms with van der Waals surface area (Å²) >= 11 is 0. The van der Waals surface area contributed by atoms with Crippen LogP contribution >= 0.6 is 0 Å². The first-order valence-corrected chi connectivity index (χ1v) is 9.98. The van der Waals surface area contributed by atoms with E-state index in [1.54, 1.807) is 41.1 Å². The van der Waals surface area contributed by atoms with Crippen LogP contribution in [0.1, 0.15) is 41.3 Å². The number of likely N-dealkylation sites (N-methyl/N-ethyl adjacent to an activating group) is 1. The standard InChI is InChI=1S/C23H27N3O3/c1-3-17-6-8-18(9-7-17)16-25(2)22(28)15-24-23(29)19-10-12-20(13-11-19)26-14-4-5-21(26)27/h6-13H,3-5,14-16H2,1-2H3,(H,24,29). The summed E-state index contributed by atoms with van der Waals surface area (Å²) in [5.41, 5.74) is 3.58. The van der Waals surface area contributed by atoms with Crippen molar-refractivity contribution in [2.75, 3.05) is 25.0 Å². The van der Waals surface area contributed by atoms with Crippen molar-refractivity contribution in [1.29, 1.82) is 0 Å². The van der Waals surface area contributed by atoms with E-state index in [-0.39, 0.29) is 24.3 Å². The van der Waals surface area contributed by atoms with Crippen molar-refractivity contribution in [2.24, 2.45) is 0 Å². The van der Waals surface area contributed by atoms with Gasteiger partial charge in [-0.25, -0.2) is 0 Å². The Morgan fingerprint density at radius 2 is 1.69 bits per heavy atom. The topological polar surface area (TPSA) is 69.7 Å². The molecule has 0 unspecified atom stereocenters. The molecule has 0 saturated carbocycles. The van der Waals surface area contributed by atoms with Gasteiger partial charge in [-0.2, -0.15) is 0 Å². The molecule has 2 aromatic carbocycles. The molecule has 6 nitrogen and oxygen atoms in total. The molecule has 3 amide bonds. The van der Waals surface area contributed by atoms with Crippen LogP contribution in [0.15, 0.2) is 48.5 Å². The average Bonchev–Trinajstić information content (AvgIpc) is 3.18. The molecule has 1 N–H and O–H groups in total. The summed E-state index contributed by atoms with van der Waals surface area (Å²) in [4.78, 5) is 39.8. The summed E-state index contributed by atoms with van der Waals surface area (Å²) in [6.07, 6.45) is 2.41. The van der Waals surface area contributed by atoms with Crippen LogP contribution in [0.4, 0.5) is 5.69 Å². The van der Waals surface area contributed by atoms with Gasteiger partial charge in [0.15, 0.2) is 0 Å². The lowest BCUT2D eigenvalue weighted by Gasteiger charge is -2.18. The number of benzene rings is 2. The lowest BCUT2D eigenvalue weighted by Crippen LogP contribution is -2.37. The van der Waals surface area contributed by atoms with Crippen molar-refractivity contribution < 1.29 is 14.4 Å². The van der Waals surface area contributed by atoms with E-state index in [1.807, 2.05) is 12.1 Å². The third-order valence-electron chi connectivity index (χ3n) is 5.19. The minimum atomic E-state index is -0.307. The van der Waals surface area contributed by atoms with E-state index in [0.717, 1.165) is 24.1 Å². The molecule has 3 rings (SSSR count). The SMILES string of the molecule is CCc1ccc(CN(C)C(=O)CNC(=O)c2ccc(N3CCCC3=O)cc2)cc1. The molecule has 6 heteroatoms. The van der Waals surface area contributed by atoms with Gasteiger partial charge in [0.05, 0.1) is 6.54 Å². The van der Waals surface area contributed by atoms with Gasteiger partial charge in [-0.3, -0.25) is 14.4 Å². The number of rotatable bonds is 7. The summed E-state index contributed by atoms with van der Waals surface area (Å²) < 4.78 is 0. The van der Waals surface area contributed by atoms with E-state index in [2.05, 4.69) is 24.4 Å². The van der Waals surface area contributed by atoms with Crippen molar-refractivity contribution in [3.63, 3.8) is 0 Å². The summed E-state index contributed by atoms with van der Waals surface area (Å²) in [5.74, 6) is -0.351. The van der Waals surface area contributed by atoms with Crippen LogP contribution in [0, 0.1) is 0 Å². The smallest absolute Gasteiger partial charge is 0.251 e. The Labute approximate surface area is 171 Å². The number of hydrogen-bond donors (Lipinski definition) is 1. The predicted octanol–water partition coefficient (Wildman–Crippen LogP) is 2.76. The van der Waals surface area contributed by atoms with Crippen LogP contribution in [0.3, 0.4) is 0 Å². The number of hydrogen-bond acceptors (Lipinski definition) is 3. The van der Waals surface area contributed by atoms with Crippen LogP contribution in [-0.4, -0.2) is 42.8 Å². The number of carbonyl (C=O) groups is 3. The van der Waals surface area contributed by atoms with Gasteiger partial charge in [-0.1, -0.05) is 31.2 Å².